The first-order valence-electron chi connectivity index (χ1n) is 10.5. The Bertz CT molecular complexity index is 1320. The highest BCUT2D eigenvalue weighted by atomic mass is 35.5. The van der Waals surface area contributed by atoms with Gasteiger partial charge < -0.3 is 9.47 Å². The molecule has 0 unspecified atom stereocenters. The lowest BCUT2D eigenvalue weighted by molar-refractivity contribution is -0.136. The molecule has 0 saturated carbocycles. The number of carbonyl (C=O) groups is 2. The third kappa shape index (κ3) is 4.86. The molecule has 0 fully saturated rings. The van der Waals surface area contributed by atoms with Crippen molar-refractivity contribution in [3.63, 3.8) is 0 Å². The molecule has 0 aromatic heterocycles. The molecule has 0 aliphatic carbocycles. The van der Waals surface area contributed by atoms with E-state index in [9.17, 15) is 9.59 Å². The van der Waals surface area contributed by atoms with Crippen molar-refractivity contribution in [1.29, 1.82) is 0 Å². The van der Waals surface area contributed by atoms with E-state index in [-0.39, 0.29) is 17.1 Å². The molecule has 3 aromatic carbocycles. The molecule has 5 nitrogen and oxygen atoms in total. The molecule has 0 saturated heterocycles. The average Bonchev–Trinajstić information content (AvgIpc) is 3.09. The SMILES string of the molecule is COC(=O)C1=C(C)N(c2ccc(Cl)c(Cl)c2)C(=O)/C1=C\c1cccc(OCc2ccccc2)c1. The second-order valence-corrected chi connectivity index (χ2v) is 8.41. The maximum Gasteiger partial charge on any atom is 0.340 e. The lowest BCUT2D eigenvalue weighted by atomic mass is 10.0. The van der Waals surface area contributed by atoms with Crippen LogP contribution in [0.5, 0.6) is 5.75 Å². The highest BCUT2D eigenvalue weighted by Gasteiger charge is 2.38. The molecule has 3 aromatic rings. The van der Waals surface area contributed by atoms with Gasteiger partial charge in [-0.1, -0.05) is 65.7 Å². The summed E-state index contributed by atoms with van der Waals surface area (Å²) >= 11 is 12.2. The van der Waals surface area contributed by atoms with Crippen LogP contribution < -0.4 is 9.64 Å². The summed E-state index contributed by atoms with van der Waals surface area (Å²) in [6, 6.07) is 22.0. The van der Waals surface area contributed by atoms with E-state index >= 15 is 0 Å². The number of anilines is 1. The van der Waals surface area contributed by atoms with E-state index in [1.54, 1.807) is 31.2 Å². The van der Waals surface area contributed by atoms with Crippen molar-refractivity contribution in [2.24, 2.45) is 0 Å². The van der Waals surface area contributed by atoms with Gasteiger partial charge in [0.2, 0.25) is 0 Å². The highest BCUT2D eigenvalue weighted by Crippen LogP contribution is 2.37. The predicted molar refractivity (Wildman–Crippen MR) is 134 cm³/mol. The van der Waals surface area contributed by atoms with Gasteiger partial charge in [-0.25, -0.2) is 4.79 Å². The normalized spacial score (nSPS) is 14.6. The number of halogens is 2. The van der Waals surface area contributed by atoms with Gasteiger partial charge in [-0.3, -0.25) is 9.69 Å². The lowest BCUT2D eigenvalue weighted by Crippen LogP contribution is -2.24. The van der Waals surface area contributed by atoms with Crippen LogP contribution in [0.25, 0.3) is 6.08 Å². The molecule has 1 heterocycles. The molecule has 0 N–H and O–H groups in total. The molecule has 0 radical (unpaired) electrons. The van der Waals surface area contributed by atoms with Crippen LogP contribution in [0, 0.1) is 0 Å². The third-order valence-corrected chi connectivity index (χ3v) is 6.11. The minimum Gasteiger partial charge on any atom is -0.489 e. The zero-order valence-corrected chi connectivity index (χ0v) is 20.1. The highest BCUT2D eigenvalue weighted by molar-refractivity contribution is 6.42. The van der Waals surface area contributed by atoms with Crippen LogP contribution in [0.1, 0.15) is 18.1 Å². The quantitative estimate of drug-likeness (QED) is 0.292. The van der Waals surface area contributed by atoms with E-state index in [4.69, 9.17) is 32.7 Å². The number of amides is 1. The Morgan fingerprint density at radius 3 is 2.44 bits per heavy atom. The average molecular weight is 494 g/mol. The fraction of sp³-hybridized carbons (Fsp3) is 0.111. The van der Waals surface area contributed by atoms with Crippen LogP contribution in [0.2, 0.25) is 10.0 Å². The van der Waals surface area contributed by atoms with E-state index in [0.29, 0.717) is 39.3 Å². The Morgan fingerprint density at radius 2 is 1.74 bits per heavy atom. The molecule has 1 aliphatic heterocycles. The molecule has 0 spiro atoms. The maximum atomic E-state index is 13.4. The Hall–Kier alpha value is -3.54. The number of hydrogen-bond donors (Lipinski definition) is 0. The first kappa shape index (κ1) is 23.6. The van der Waals surface area contributed by atoms with Crippen LogP contribution in [-0.4, -0.2) is 19.0 Å². The van der Waals surface area contributed by atoms with E-state index < -0.39 is 5.97 Å². The molecule has 172 valence electrons. The Balaban J connectivity index is 1.68. The number of methoxy groups -OCH3 is 1. The zero-order chi connectivity index (χ0) is 24.2. The number of benzene rings is 3. The summed E-state index contributed by atoms with van der Waals surface area (Å²) in [5, 5.41) is 0.676. The molecule has 1 aliphatic rings. The van der Waals surface area contributed by atoms with Gasteiger partial charge in [-0.05, 0) is 54.5 Å². The van der Waals surface area contributed by atoms with Crippen molar-refractivity contribution in [3.05, 3.63) is 111 Å². The number of rotatable bonds is 6. The van der Waals surface area contributed by atoms with E-state index in [1.807, 2.05) is 54.6 Å². The number of esters is 1. The molecule has 4 rings (SSSR count). The first-order chi connectivity index (χ1) is 16.4. The van der Waals surface area contributed by atoms with E-state index in [2.05, 4.69) is 0 Å². The summed E-state index contributed by atoms with van der Waals surface area (Å²) in [6.45, 7) is 2.10. The van der Waals surface area contributed by atoms with Crippen molar-refractivity contribution in [2.75, 3.05) is 12.0 Å². The molecular formula is C27H21Cl2NO4. The number of ether oxygens (including phenoxy) is 2. The summed E-state index contributed by atoms with van der Waals surface area (Å²) in [5.41, 5.74) is 3.10. The summed E-state index contributed by atoms with van der Waals surface area (Å²) in [7, 11) is 1.28. The van der Waals surface area contributed by atoms with Gasteiger partial charge in [0.1, 0.15) is 12.4 Å². The number of carbonyl (C=O) groups excluding carboxylic acids is 2. The zero-order valence-electron chi connectivity index (χ0n) is 18.5. The first-order valence-corrected chi connectivity index (χ1v) is 11.2. The maximum absolute atomic E-state index is 13.4. The summed E-state index contributed by atoms with van der Waals surface area (Å²) in [6.07, 6.45) is 1.66. The Kier molecular flexibility index (Phi) is 7.06. The smallest absolute Gasteiger partial charge is 0.340 e. The predicted octanol–water partition coefficient (Wildman–Crippen LogP) is 6.45. The van der Waals surface area contributed by atoms with Gasteiger partial charge in [0.05, 0.1) is 34.0 Å². The van der Waals surface area contributed by atoms with Crippen molar-refractivity contribution < 1.29 is 19.1 Å². The largest absolute Gasteiger partial charge is 0.489 e. The van der Waals surface area contributed by atoms with Crippen LogP contribution in [0.15, 0.2) is 89.6 Å². The van der Waals surface area contributed by atoms with Crippen LogP contribution >= 0.6 is 23.2 Å². The number of allylic oxidation sites excluding steroid dienone is 1. The topological polar surface area (TPSA) is 55.8 Å². The third-order valence-electron chi connectivity index (χ3n) is 5.37. The monoisotopic (exact) mass is 493 g/mol. The summed E-state index contributed by atoms with van der Waals surface area (Å²) in [4.78, 5) is 27.5. The minimum atomic E-state index is -0.601. The molecule has 1 amide bonds. The van der Waals surface area contributed by atoms with Gasteiger partial charge in [0.15, 0.2) is 0 Å². The number of nitrogens with zero attached hydrogens (tertiary/aromatic N) is 1. The van der Waals surface area contributed by atoms with Gasteiger partial charge in [-0.2, -0.15) is 0 Å². The second-order valence-electron chi connectivity index (χ2n) is 7.60. The van der Waals surface area contributed by atoms with Crippen molar-refractivity contribution >= 4 is 46.8 Å². The molecule has 34 heavy (non-hydrogen) atoms. The van der Waals surface area contributed by atoms with Crippen LogP contribution in [0.4, 0.5) is 5.69 Å². The van der Waals surface area contributed by atoms with Gasteiger partial charge in [-0.15, -0.1) is 0 Å². The summed E-state index contributed by atoms with van der Waals surface area (Å²) < 4.78 is 10.9. The van der Waals surface area contributed by atoms with Crippen molar-refractivity contribution in [1.82, 2.24) is 0 Å². The van der Waals surface area contributed by atoms with Crippen LogP contribution in [0.3, 0.4) is 0 Å². The molecule has 0 atom stereocenters. The minimum absolute atomic E-state index is 0.189. The van der Waals surface area contributed by atoms with E-state index in [0.717, 1.165) is 5.56 Å². The lowest BCUT2D eigenvalue weighted by Gasteiger charge is -2.18. The van der Waals surface area contributed by atoms with Gasteiger partial charge in [0.25, 0.3) is 5.91 Å². The molecule has 0 bridgehead atoms. The van der Waals surface area contributed by atoms with Crippen molar-refractivity contribution in [2.45, 2.75) is 13.5 Å². The molecular weight excluding hydrogens is 473 g/mol. The Morgan fingerprint density at radius 1 is 0.971 bits per heavy atom. The number of hydrogen-bond acceptors (Lipinski definition) is 4. The van der Waals surface area contributed by atoms with Gasteiger partial charge >= 0.3 is 5.97 Å². The summed E-state index contributed by atoms with van der Waals surface area (Å²) in [5.74, 6) is -0.326. The fourth-order valence-electron chi connectivity index (χ4n) is 3.72. The standard InChI is InChI=1S/C27H21Cl2NO4/c1-17-25(27(32)33-2)22(26(31)30(17)20-11-12-23(28)24(29)15-20)14-19-9-6-10-21(13-19)34-16-18-7-4-3-5-8-18/h3-15H,16H2,1-2H3/b22-14-. The fourth-order valence-corrected chi connectivity index (χ4v) is 4.01. The molecule has 7 heteroatoms. The van der Waals surface area contributed by atoms with Gasteiger partial charge in [0, 0.05) is 5.70 Å². The van der Waals surface area contributed by atoms with Crippen LogP contribution in [-0.2, 0) is 20.9 Å². The van der Waals surface area contributed by atoms with E-state index in [1.165, 1.54) is 12.0 Å². The Labute approximate surface area is 207 Å². The second kappa shape index (κ2) is 10.2. The van der Waals surface area contributed by atoms with Crippen molar-refractivity contribution in [3.8, 4) is 5.75 Å².